The Morgan fingerprint density at radius 1 is 1.36 bits per heavy atom. The SMILES string of the molecule is CC(=O)NCC1CCC(C=CN2Cc3ccc(O)c(F)c3C2=O)CC1. The van der Waals surface area contributed by atoms with Crippen LogP contribution in [0.4, 0.5) is 4.39 Å². The molecule has 1 saturated carbocycles. The second kappa shape index (κ2) is 7.25. The minimum Gasteiger partial charge on any atom is -0.505 e. The van der Waals surface area contributed by atoms with E-state index in [9.17, 15) is 19.1 Å². The molecule has 2 aliphatic rings. The molecule has 3 rings (SSSR count). The highest BCUT2D eigenvalue weighted by Crippen LogP contribution is 2.32. The summed E-state index contributed by atoms with van der Waals surface area (Å²) in [6.45, 7) is 2.59. The molecule has 25 heavy (non-hydrogen) atoms. The summed E-state index contributed by atoms with van der Waals surface area (Å²) in [7, 11) is 0. The third-order valence-corrected chi connectivity index (χ3v) is 5.09. The first-order valence-electron chi connectivity index (χ1n) is 8.69. The summed E-state index contributed by atoms with van der Waals surface area (Å²) < 4.78 is 13.9. The zero-order chi connectivity index (χ0) is 18.0. The molecule has 6 heteroatoms. The average molecular weight is 346 g/mol. The van der Waals surface area contributed by atoms with Crippen LogP contribution in [0.5, 0.6) is 5.75 Å². The molecule has 0 bridgehead atoms. The van der Waals surface area contributed by atoms with E-state index in [4.69, 9.17) is 0 Å². The number of phenols is 1. The third-order valence-electron chi connectivity index (χ3n) is 5.09. The van der Waals surface area contributed by atoms with Crippen LogP contribution in [0.3, 0.4) is 0 Å². The van der Waals surface area contributed by atoms with Gasteiger partial charge in [0, 0.05) is 19.7 Å². The molecule has 1 heterocycles. The lowest BCUT2D eigenvalue weighted by Gasteiger charge is -2.27. The molecule has 134 valence electrons. The van der Waals surface area contributed by atoms with Crippen molar-refractivity contribution in [2.24, 2.45) is 11.8 Å². The van der Waals surface area contributed by atoms with Crippen molar-refractivity contribution in [3.05, 3.63) is 41.4 Å². The van der Waals surface area contributed by atoms with E-state index in [2.05, 4.69) is 5.32 Å². The van der Waals surface area contributed by atoms with Crippen molar-refractivity contribution in [1.82, 2.24) is 10.2 Å². The number of hydrogen-bond acceptors (Lipinski definition) is 3. The Bertz CT molecular complexity index is 709. The van der Waals surface area contributed by atoms with Gasteiger partial charge in [0.05, 0.1) is 12.1 Å². The molecule has 1 fully saturated rings. The van der Waals surface area contributed by atoms with Crippen LogP contribution in [0.25, 0.3) is 0 Å². The van der Waals surface area contributed by atoms with Gasteiger partial charge in [-0.25, -0.2) is 4.39 Å². The molecule has 0 unspecified atom stereocenters. The predicted molar refractivity (Wildman–Crippen MR) is 91.2 cm³/mol. The Morgan fingerprint density at radius 3 is 2.76 bits per heavy atom. The van der Waals surface area contributed by atoms with Crippen molar-refractivity contribution < 1.29 is 19.1 Å². The number of aromatic hydroxyl groups is 1. The van der Waals surface area contributed by atoms with E-state index in [1.54, 1.807) is 12.3 Å². The lowest BCUT2D eigenvalue weighted by molar-refractivity contribution is -0.119. The third kappa shape index (κ3) is 3.83. The Kier molecular flexibility index (Phi) is 5.06. The molecule has 0 aromatic heterocycles. The monoisotopic (exact) mass is 346 g/mol. The van der Waals surface area contributed by atoms with Crippen molar-refractivity contribution in [3.8, 4) is 5.75 Å². The molecule has 1 aromatic carbocycles. The van der Waals surface area contributed by atoms with Gasteiger partial charge in [-0.2, -0.15) is 0 Å². The summed E-state index contributed by atoms with van der Waals surface area (Å²) in [5, 5.41) is 12.3. The minimum atomic E-state index is -0.836. The number of amides is 2. The van der Waals surface area contributed by atoms with Crippen LogP contribution >= 0.6 is 0 Å². The molecular formula is C19H23FN2O3. The van der Waals surface area contributed by atoms with Crippen LogP contribution < -0.4 is 5.32 Å². The van der Waals surface area contributed by atoms with E-state index in [-0.39, 0.29) is 11.5 Å². The summed E-state index contributed by atoms with van der Waals surface area (Å²) in [4.78, 5) is 24.8. The predicted octanol–water partition coefficient (Wildman–Crippen LogP) is 2.94. The zero-order valence-corrected chi connectivity index (χ0v) is 14.3. The van der Waals surface area contributed by atoms with Gasteiger partial charge in [-0.1, -0.05) is 12.1 Å². The number of carbonyl (C=O) groups excluding carboxylic acids is 2. The molecule has 5 nitrogen and oxygen atoms in total. The molecule has 2 amide bonds. The second-order valence-corrected chi connectivity index (χ2v) is 6.93. The number of fused-ring (bicyclic) bond motifs is 1. The zero-order valence-electron chi connectivity index (χ0n) is 14.3. The van der Waals surface area contributed by atoms with Crippen molar-refractivity contribution in [3.63, 3.8) is 0 Å². The molecule has 1 aromatic rings. The van der Waals surface area contributed by atoms with Gasteiger partial charge in [0.25, 0.3) is 5.91 Å². The number of hydrogen-bond donors (Lipinski definition) is 2. The van der Waals surface area contributed by atoms with Gasteiger partial charge >= 0.3 is 0 Å². The number of halogens is 1. The second-order valence-electron chi connectivity index (χ2n) is 6.93. The van der Waals surface area contributed by atoms with Gasteiger partial charge in [0.1, 0.15) is 0 Å². The fourth-order valence-electron chi connectivity index (χ4n) is 3.59. The largest absolute Gasteiger partial charge is 0.505 e. The van der Waals surface area contributed by atoms with Crippen LogP contribution in [0.2, 0.25) is 0 Å². The maximum Gasteiger partial charge on any atom is 0.261 e. The quantitative estimate of drug-likeness (QED) is 0.881. The normalized spacial score (nSPS) is 23.1. The fraction of sp³-hybridized carbons (Fsp3) is 0.474. The number of carbonyl (C=O) groups is 2. The van der Waals surface area contributed by atoms with Crippen LogP contribution in [0.15, 0.2) is 24.4 Å². The van der Waals surface area contributed by atoms with E-state index >= 15 is 0 Å². The average Bonchev–Trinajstić information content (AvgIpc) is 2.92. The van der Waals surface area contributed by atoms with E-state index in [1.807, 2.05) is 6.08 Å². The molecule has 0 spiro atoms. The Labute approximate surface area is 146 Å². The highest BCUT2D eigenvalue weighted by molar-refractivity contribution is 5.99. The van der Waals surface area contributed by atoms with Gasteiger partial charge in [0.15, 0.2) is 11.6 Å². The summed E-state index contributed by atoms with van der Waals surface area (Å²) in [6.07, 6.45) is 7.90. The number of allylic oxidation sites excluding steroid dienone is 1. The molecule has 1 aliphatic heterocycles. The topological polar surface area (TPSA) is 69.6 Å². The summed E-state index contributed by atoms with van der Waals surface area (Å²) in [6, 6.07) is 2.87. The Morgan fingerprint density at radius 2 is 2.08 bits per heavy atom. The molecular weight excluding hydrogens is 323 g/mol. The minimum absolute atomic E-state index is 0.00685. The van der Waals surface area contributed by atoms with Crippen molar-refractivity contribution >= 4 is 11.8 Å². The van der Waals surface area contributed by atoms with E-state index in [1.165, 1.54) is 17.9 Å². The first-order valence-corrected chi connectivity index (χ1v) is 8.69. The first-order chi connectivity index (χ1) is 12.0. The highest BCUT2D eigenvalue weighted by Gasteiger charge is 2.31. The lowest BCUT2D eigenvalue weighted by Crippen LogP contribution is -2.29. The van der Waals surface area contributed by atoms with Gasteiger partial charge in [-0.3, -0.25) is 9.59 Å². The van der Waals surface area contributed by atoms with Crippen molar-refractivity contribution in [2.45, 2.75) is 39.2 Å². The number of nitrogens with zero attached hydrogens (tertiary/aromatic N) is 1. The Hall–Kier alpha value is -2.37. The van der Waals surface area contributed by atoms with Crippen LogP contribution in [-0.2, 0) is 11.3 Å². The Balaban J connectivity index is 1.55. The molecule has 0 radical (unpaired) electrons. The fourth-order valence-corrected chi connectivity index (χ4v) is 3.59. The van der Waals surface area contributed by atoms with Crippen LogP contribution in [0.1, 0.15) is 48.5 Å². The lowest BCUT2D eigenvalue weighted by atomic mass is 9.82. The number of benzene rings is 1. The first kappa shape index (κ1) is 17.5. The molecule has 0 saturated heterocycles. The number of rotatable bonds is 4. The molecule has 1 aliphatic carbocycles. The molecule has 0 atom stereocenters. The van der Waals surface area contributed by atoms with E-state index < -0.39 is 17.5 Å². The van der Waals surface area contributed by atoms with E-state index in [0.29, 0.717) is 23.9 Å². The van der Waals surface area contributed by atoms with Crippen LogP contribution in [0, 0.1) is 17.7 Å². The van der Waals surface area contributed by atoms with Gasteiger partial charge < -0.3 is 15.3 Å². The highest BCUT2D eigenvalue weighted by atomic mass is 19.1. The van der Waals surface area contributed by atoms with Gasteiger partial charge in [-0.15, -0.1) is 0 Å². The van der Waals surface area contributed by atoms with Gasteiger partial charge in [0.2, 0.25) is 5.91 Å². The van der Waals surface area contributed by atoms with Crippen molar-refractivity contribution in [1.29, 1.82) is 0 Å². The summed E-state index contributed by atoms with van der Waals surface area (Å²) in [5.41, 5.74) is 0.577. The maximum absolute atomic E-state index is 13.9. The van der Waals surface area contributed by atoms with Gasteiger partial charge in [-0.05, 0) is 49.1 Å². The van der Waals surface area contributed by atoms with E-state index in [0.717, 1.165) is 32.2 Å². The number of phenolic OH excluding ortho intramolecular Hbond substituents is 1. The molecule has 2 N–H and O–H groups in total. The number of nitrogens with one attached hydrogen (secondary N) is 1. The standard InChI is InChI=1S/C19H23FN2O3/c1-12(23)21-10-14-4-2-13(3-5-14)8-9-22-11-15-6-7-16(24)18(20)17(15)19(22)25/h6-9,13-14,24H,2-5,10-11H2,1H3,(H,21,23). The summed E-state index contributed by atoms with van der Waals surface area (Å²) >= 11 is 0. The van der Waals surface area contributed by atoms with Crippen LogP contribution in [-0.4, -0.2) is 28.4 Å². The maximum atomic E-state index is 13.9. The smallest absolute Gasteiger partial charge is 0.261 e. The summed E-state index contributed by atoms with van der Waals surface area (Å²) in [5.74, 6) is -0.815. The van der Waals surface area contributed by atoms with Crippen molar-refractivity contribution in [2.75, 3.05) is 6.54 Å².